The lowest BCUT2D eigenvalue weighted by atomic mass is 10.2. The topological polar surface area (TPSA) is 57.8 Å². The van der Waals surface area contributed by atoms with E-state index in [1.165, 1.54) is 21.8 Å². The summed E-state index contributed by atoms with van der Waals surface area (Å²) in [4.78, 5) is 11.3. The fraction of sp³-hybridized carbons (Fsp3) is 0.0769. The SMILES string of the molecule is O=c1[nH]ncc(NCc2csc3ccccc23)c1Cl. The number of thiophene rings is 1. The number of fused-ring (bicyclic) bond motifs is 1. The van der Waals surface area contributed by atoms with Crippen molar-refractivity contribution >= 4 is 38.7 Å². The lowest BCUT2D eigenvalue weighted by Gasteiger charge is -2.06. The normalized spacial score (nSPS) is 10.8. The summed E-state index contributed by atoms with van der Waals surface area (Å²) in [6.45, 7) is 0.606. The Morgan fingerprint density at radius 3 is 3.11 bits per heavy atom. The Kier molecular flexibility index (Phi) is 3.23. The standard InChI is InChI=1S/C13H10ClN3OS/c14-12-10(6-16-17-13(12)18)15-5-8-7-19-11-4-2-1-3-9(8)11/h1-4,6-7H,5H2,(H2,15,17,18). The highest BCUT2D eigenvalue weighted by Crippen LogP contribution is 2.26. The maximum atomic E-state index is 11.3. The van der Waals surface area contributed by atoms with Gasteiger partial charge in [0.05, 0.1) is 11.9 Å². The average molecular weight is 292 g/mol. The average Bonchev–Trinajstić information content (AvgIpc) is 2.84. The summed E-state index contributed by atoms with van der Waals surface area (Å²) in [5.74, 6) is 0. The summed E-state index contributed by atoms with van der Waals surface area (Å²) in [5, 5.41) is 12.6. The van der Waals surface area contributed by atoms with E-state index in [0.717, 1.165) is 0 Å². The smallest absolute Gasteiger partial charge is 0.285 e. The third-order valence-corrected chi connectivity index (χ3v) is 4.21. The molecule has 0 saturated heterocycles. The molecule has 2 aromatic heterocycles. The third-order valence-electron chi connectivity index (χ3n) is 2.83. The van der Waals surface area contributed by atoms with E-state index in [1.54, 1.807) is 11.3 Å². The van der Waals surface area contributed by atoms with E-state index in [0.29, 0.717) is 12.2 Å². The highest BCUT2D eigenvalue weighted by atomic mass is 35.5. The Morgan fingerprint density at radius 2 is 2.21 bits per heavy atom. The van der Waals surface area contributed by atoms with Crippen LogP contribution in [0.4, 0.5) is 5.69 Å². The molecule has 0 unspecified atom stereocenters. The van der Waals surface area contributed by atoms with Gasteiger partial charge in [0.15, 0.2) is 0 Å². The molecule has 6 heteroatoms. The second-order valence-electron chi connectivity index (χ2n) is 4.04. The highest BCUT2D eigenvalue weighted by molar-refractivity contribution is 7.17. The lowest BCUT2D eigenvalue weighted by Crippen LogP contribution is -2.11. The predicted octanol–water partition coefficient (Wildman–Crippen LogP) is 3.25. The fourth-order valence-corrected chi connectivity index (χ4v) is 2.99. The first-order valence-corrected chi connectivity index (χ1v) is 6.93. The third kappa shape index (κ3) is 2.34. The molecule has 1 aromatic carbocycles. The van der Waals surface area contributed by atoms with E-state index >= 15 is 0 Å². The van der Waals surface area contributed by atoms with E-state index in [9.17, 15) is 4.79 Å². The first-order chi connectivity index (χ1) is 9.25. The van der Waals surface area contributed by atoms with Gasteiger partial charge in [-0.3, -0.25) is 4.79 Å². The first kappa shape index (κ1) is 12.2. The molecule has 2 N–H and O–H groups in total. The van der Waals surface area contributed by atoms with Crippen molar-refractivity contribution in [2.24, 2.45) is 0 Å². The number of benzene rings is 1. The summed E-state index contributed by atoms with van der Waals surface area (Å²) >= 11 is 7.61. The molecule has 0 radical (unpaired) electrons. The quantitative estimate of drug-likeness (QED) is 0.779. The molecule has 0 aliphatic carbocycles. The molecule has 96 valence electrons. The highest BCUT2D eigenvalue weighted by Gasteiger charge is 2.07. The Hall–Kier alpha value is -1.85. The minimum absolute atomic E-state index is 0.134. The minimum Gasteiger partial charge on any atom is -0.378 e. The Morgan fingerprint density at radius 1 is 1.37 bits per heavy atom. The van der Waals surface area contributed by atoms with Crippen molar-refractivity contribution in [1.82, 2.24) is 10.2 Å². The molecule has 0 amide bonds. The van der Waals surface area contributed by atoms with Crippen molar-refractivity contribution in [2.75, 3.05) is 5.32 Å². The molecule has 0 spiro atoms. The van der Waals surface area contributed by atoms with Crippen molar-refractivity contribution in [2.45, 2.75) is 6.54 Å². The number of hydrogen-bond acceptors (Lipinski definition) is 4. The first-order valence-electron chi connectivity index (χ1n) is 5.68. The molecule has 0 aliphatic rings. The summed E-state index contributed by atoms with van der Waals surface area (Å²) in [6, 6.07) is 8.21. The summed E-state index contributed by atoms with van der Waals surface area (Å²) in [5.41, 5.74) is 1.33. The van der Waals surface area contributed by atoms with Crippen LogP contribution in [-0.2, 0) is 6.54 Å². The van der Waals surface area contributed by atoms with Crippen LogP contribution in [-0.4, -0.2) is 10.2 Å². The minimum atomic E-state index is -0.387. The number of aromatic nitrogens is 2. The number of hydrogen-bond donors (Lipinski definition) is 2. The number of anilines is 1. The maximum absolute atomic E-state index is 11.3. The van der Waals surface area contributed by atoms with Crippen LogP contribution in [0.25, 0.3) is 10.1 Å². The zero-order chi connectivity index (χ0) is 13.2. The molecule has 2 heterocycles. The van der Waals surface area contributed by atoms with Gasteiger partial charge in [-0.2, -0.15) is 5.10 Å². The number of halogens is 1. The largest absolute Gasteiger partial charge is 0.378 e. The van der Waals surface area contributed by atoms with Gasteiger partial charge in [0.2, 0.25) is 0 Å². The van der Waals surface area contributed by atoms with E-state index in [-0.39, 0.29) is 10.6 Å². The summed E-state index contributed by atoms with van der Waals surface area (Å²) in [7, 11) is 0. The van der Waals surface area contributed by atoms with Crippen molar-refractivity contribution < 1.29 is 0 Å². The van der Waals surface area contributed by atoms with Gasteiger partial charge in [-0.1, -0.05) is 29.8 Å². The van der Waals surface area contributed by atoms with Crippen molar-refractivity contribution in [3.05, 3.63) is 56.8 Å². The van der Waals surface area contributed by atoms with Crippen LogP contribution >= 0.6 is 22.9 Å². The fourth-order valence-electron chi connectivity index (χ4n) is 1.87. The van der Waals surface area contributed by atoms with Crippen LogP contribution in [0.1, 0.15) is 5.56 Å². The zero-order valence-corrected chi connectivity index (χ0v) is 11.4. The van der Waals surface area contributed by atoms with E-state index in [4.69, 9.17) is 11.6 Å². The van der Waals surface area contributed by atoms with Crippen LogP contribution in [0, 0.1) is 0 Å². The van der Waals surface area contributed by atoms with Crippen molar-refractivity contribution in [3.8, 4) is 0 Å². The molecule has 0 fully saturated rings. The molecular weight excluding hydrogens is 282 g/mol. The monoisotopic (exact) mass is 291 g/mol. The van der Waals surface area contributed by atoms with Gasteiger partial charge < -0.3 is 5.32 Å². The molecule has 19 heavy (non-hydrogen) atoms. The van der Waals surface area contributed by atoms with E-state index in [1.807, 2.05) is 12.1 Å². The van der Waals surface area contributed by atoms with Crippen LogP contribution < -0.4 is 10.9 Å². The van der Waals surface area contributed by atoms with Gasteiger partial charge in [0, 0.05) is 11.2 Å². The van der Waals surface area contributed by atoms with E-state index < -0.39 is 0 Å². The number of aromatic amines is 1. The summed E-state index contributed by atoms with van der Waals surface area (Å²) in [6.07, 6.45) is 1.51. The second-order valence-corrected chi connectivity index (χ2v) is 5.33. The summed E-state index contributed by atoms with van der Waals surface area (Å²) < 4.78 is 1.24. The number of nitrogens with zero attached hydrogens (tertiary/aromatic N) is 1. The zero-order valence-electron chi connectivity index (χ0n) is 9.81. The van der Waals surface area contributed by atoms with Crippen LogP contribution in [0.2, 0.25) is 5.02 Å². The molecule has 4 nitrogen and oxygen atoms in total. The molecule has 0 saturated carbocycles. The van der Waals surface area contributed by atoms with Gasteiger partial charge in [-0.05, 0) is 22.4 Å². The van der Waals surface area contributed by atoms with Gasteiger partial charge in [-0.15, -0.1) is 11.3 Å². The molecule has 0 aliphatic heterocycles. The molecule has 3 rings (SSSR count). The van der Waals surface area contributed by atoms with Gasteiger partial charge in [-0.25, -0.2) is 5.10 Å². The molecule has 3 aromatic rings. The van der Waals surface area contributed by atoms with Gasteiger partial charge >= 0.3 is 0 Å². The van der Waals surface area contributed by atoms with Crippen LogP contribution in [0.5, 0.6) is 0 Å². The molecule has 0 atom stereocenters. The Labute approximate surface area is 118 Å². The molecular formula is C13H10ClN3OS. The predicted molar refractivity (Wildman–Crippen MR) is 79.0 cm³/mol. The second kappa shape index (κ2) is 5.03. The van der Waals surface area contributed by atoms with Crippen LogP contribution in [0.3, 0.4) is 0 Å². The van der Waals surface area contributed by atoms with Crippen molar-refractivity contribution in [3.63, 3.8) is 0 Å². The molecule has 0 bridgehead atoms. The number of H-pyrrole nitrogens is 1. The number of nitrogens with one attached hydrogen (secondary N) is 2. The lowest BCUT2D eigenvalue weighted by molar-refractivity contribution is 0.982. The van der Waals surface area contributed by atoms with Gasteiger partial charge in [0.25, 0.3) is 5.56 Å². The Balaban J connectivity index is 1.86. The maximum Gasteiger partial charge on any atom is 0.285 e. The number of rotatable bonds is 3. The Bertz CT molecular complexity index is 781. The van der Waals surface area contributed by atoms with Crippen molar-refractivity contribution in [1.29, 1.82) is 0 Å². The van der Waals surface area contributed by atoms with E-state index in [2.05, 4.69) is 33.0 Å². The van der Waals surface area contributed by atoms with Gasteiger partial charge in [0.1, 0.15) is 5.02 Å². The van der Waals surface area contributed by atoms with Crippen LogP contribution in [0.15, 0.2) is 40.6 Å².